The fourth-order valence-electron chi connectivity index (χ4n) is 6.10. The number of carbonyl (C=O) groups is 3. The Morgan fingerprint density at radius 1 is 0.719 bits per heavy atom. The molecule has 0 aliphatic heterocycles. The normalized spacial score (nSPS) is 11.8. The average molecular weight is 935 g/mol. The van der Waals surface area contributed by atoms with Gasteiger partial charge in [0.25, 0.3) is 12.0 Å². The maximum atomic E-state index is 13.4. The van der Waals surface area contributed by atoms with Crippen LogP contribution in [0, 0.1) is 0 Å². The Hall–Kier alpha value is -5.32. The summed E-state index contributed by atoms with van der Waals surface area (Å²) in [4.78, 5) is 40.3. The van der Waals surface area contributed by atoms with Crippen LogP contribution < -0.4 is 19.5 Å². The standard InChI is InChI=1S/C41H43ClF3NO10S.C6H15N/c1-2-53-37(48)11-9-7-5-3-4-6-8-10-26-54-30-15-17-32(18-16-30)56-40(50)38(39(49)46-36-27-28(41(43,44)45)12-25-35(36)42)55-31-19-23-34(24-20-31)57(51,52)33-21-13-29(47)14-22-33;1-4-7(5-2)6-3/h12-25,27,38,47H,2-11,26H2,1H3,(H,46,49);4-6H2,1-3H3. The van der Waals surface area contributed by atoms with Gasteiger partial charge < -0.3 is 34.3 Å². The molecular formula is C47H58ClF3N2O10S. The molecular weight excluding hydrogens is 877 g/mol. The van der Waals surface area contributed by atoms with Gasteiger partial charge in [0.2, 0.25) is 9.84 Å². The number of sulfone groups is 1. The van der Waals surface area contributed by atoms with Crippen LogP contribution in [0.25, 0.3) is 0 Å². The summed E-state index contributed by atoms with van der Waals surface area (Å²) in [6.07, 6.45) is 1.53. The summed E-state index contributed by atoms with van der Waals surface area (Å²) in [6.45, 7) is 12.8. The van der Waals surface area contributed by atoms with Gasteiger partial charge in [0, 0.05) is 6.42 Å². The van der Waals surface area contributed by atoms with Gasteiger partial charge in [0.1, 0.15) is 23.0 Å². The molecule has 0 saturated carbocycles. The lowest BCUT2D eigenvalue weighted by atomic mass is 10.1. The van der Waals surface area contributed by atoms with Gasteiger partial charge in [-0.25, -0.2) is 13.2 Å². The largest absolute Gasteiger partial charge is 0.508 e. The van der Waals surface area contributed by atoms with Crippen molar-refractivity contribution in [2.24, 2.45) is 0 Å². The highest BCUT2D eigenvalue weighted by molar-refractivity contribution is 7.91. The average Bonchev–Trinajstić information content (AvgIpc) is 3.26. The lowest BCUT2D eigenvalue weighted by Crippen LogP contribution is -2.42. The minimum atomic E-state index is -4.76. The molecule has 350 valence electrons. The minimum absolute atomic E-state index is 0.00319. The molecule has 64 heavy (non-hydrogen) atoms. The number of anilines is 1. The van der Waals surface area contributed by atoms with Crippen molar-refractivity contribution < 1.29 is 60.0 Å². The Morgan fingerprint density at radius 3 is 1.77 bits per heavy atom. The number of hydrogen-bond donors (Lipinski definition) is 2. The number of rotatable bonds is 24. The molecule has 0 fully saturated rings. The topological polar surface area (TPSA) is 158 Å². The lowest BCUT2D eigenvalue weighted by molar-refractivity contribution is -0.147. The van der Waals surface area contributed by atoms with Crippen molar-refractivity contribution in [3.8, 4) is 23.0 Å². The van der Waals surface area contributed by atoms with E-state index in [0.717, 1.165) is 63.5 Å². The SMILES string of the molecule is CCN(CC)CC.CCOC(=O)CCCCCCCCCCOc1ccc(OC(=O)C(Oc2ccc(S(=O)(=O)c3ccc(O)cc3)cc2)C(=O)Nc2cc(C(F)(F)F)ccc2Cl)cc1. The van der Waals surface area contributed by atoms with Crippen molar-refractivity contribution in [1.82, 2.24) is 4.90 Å². The maximum Gasteiger partial charge on any atom is 0.416 e. The molecule has 0 aliphatic carbocycles. The van der Waals surface area contributed by atoms with E-state index in [9.17, 15) is 41.1 Å². The summed E-state index contributed by atoms with van der Waals surface area (Å²) >= 11 is 6.07. The van der Waals surface area contributed by atoms with Gasteiger partial charge >= 0.3 is 18.1 Å². The van der Waals surface area contributed by atoms with Gasteiger partial charge in [-0.05, 0) is 130 Å². The minimum Gasteiger partial charge on any atom is -0.508 e. The van der Waals surface area contributed by atoms with Crippen molar-refractivity contribution in [1.29, 1.82) is 0 Å². The molecule has 1 amide bonds. The van der Waals surface area contributed by atoms with Gasteiger partial charge in [-0.3, -0.25) is 9.59 Å². The van der Waals surface area contributed by atoms with E-state index in [1.54, 1.807) is 19.1 Å². The number of phenolic OH excluding ortho intramolecular Hbond substituents is 1. The molecule has 0 aliphatic rings. The molecule has 12 nitrogen and oxygen atoms in total. The summed E-state index contributed by atoms with van der Waals surface area (Å²) in [5.41, 5.74) is -1.55. The number of nitrogens with one attached hydrogen (secondary N) is 1. The molecule has 1 unspecified atom stereocenters. The van der Waals surface area contributed by atoms with Gasteiger partial charge in [-0.15, -0.1) is 0 Å². The number of unbranched alkanes of at least 4 members (excludes halogenated alkanes) is 7. The Kier molecular flexibility index (Phi) is 22.5. The van der Waals surface area contributed by atoms with Gasteiger partial charge in [-0.2, -0.15) is 13.2 Å². The first kappa shape index (κ1) is 53.0. The fourth-order valence-corrected chi connectivity index (χ4v) is 7.52. The summed E-state index contributed by atoms with van der Waals surface area (Å²) in [7, 11) is -4.02. The van der Waals surface area contributed by atoms with E-state index in [1.807, 2.05) is 0 Å². The number of alkyl halides is 3. The smallest absolute Gasteiger partial charge is 0.416 e. The summed E-state index contributed by atoms with van der Waals surface area (Å²) in [6, 6.07) is 17.8. The van der Waals surface area contributed by atoms with Crippen LogP contribution in [0.15, 0.2) is 101 Å². The molecule has 2 N–H and O–H groups in total. The van der Waals surface area contributed by atoms with Crippen molar-refractivity contribution in [3.63, 3.8) is 0 Å². The quantitative estimate of drug-likeness (QED) is 0.0298. The third-order valence-corrected chi connectivity index (χ3v) is 11.9. The molecule has 0 saturated heterocycles. The zero-order valence-electron chi connectivity index (χ0n) is 36.6. The van der Waals surface area contributed by atoms with Crippen molar-refractivity contribution in [2.45, 2.75) is 108 Å². The second-order valence-electron chi connectivity index (χ2n) is 14.4. The Bertz CT molecular complexity index is 2150. The number of nitrogens with zero attached hydrogens (tertiary/aromatic N) is 1. The first-order valence-corrected chi connectivity index (χ1v) is 23.2. The van der Waals surface area contributed by atoms with E-state index < -0.39 is 45.2 Å². The number of amides is 1. The molecule has 4 aromatic rings. The Balaban J connectivity index is 0.00000143. The highest BCUT2D eigenvalue weighted by atomic mass is 35.5. The molecule has 0 bridgehead atoms. The molecule has 0 radical (unpaired) electrons. The maximum absolute atomic E-state index is 13.4. The van der Waals surface area contributed by atoms with E-state index in [2.05, 4.69) is 31.0 Å². The van der Waals surface area contributed by atoms with Crippen LogP contribution in [0.5, 0.6) is 23.0 Å². The number of aromatic hydroxyl groups is 1. The van der Waals surface area contributed by atoms with Gasteiger partial charge in [0.05, 0.1) is 39.3 Å². The van der Waals surface area contributed by atoms with Gasteiger partial charge in [-0.1, -0.05) is 70.9 Å². The highest BCUT2D eigenvalue weighted by Gasteiger charge is 2.34. The predicted octanol–water partition coefficient (Wildman–Crippen LogP) is 10.7. The third kappa shape index (κ3) is 18.0. The number of carbonyl (C=O) groups excluding carboxylic acids is 3. The van der Waals surface area contributed by atoms with Gasteiger partial charge in [0.15, 0.2) is 0 Å². The van der Waals surface area contributed by atoms with E-state index in [-0.39, 0.29) is 38.0 Å². The van der Waals surface area contributed by atoms with Crippen LogP contribution in [-0.2, 0) is 35.1 Å². The van der Waals surface area contributed by atoms with E-state index in [0.29, 0.717) is 31.5 Å². The first-order valence-electron chi connectivity index (χ1n) is 21.3. The second kappa shape index (κ2) is 27.1. The molecule has 4 aromatic carbocycles. The number of esters is 2. The molecule has 0 aromatic heterocycles. The van der Waals surface area contributed by atoms with Crippen LogP contribution in [0.3, 0.4) is 0 Å². The monoisotopic (exact) mass is 934 g/mol. The Labute approximate surface area is 378 Å². The molecule has 0 spiro atoms. The van der Waals surface area contributed by atoms with E-state index in [4.69, 9.17) is 30.5 Å². The first-order chi connectivity index (χ1) is 30.5. The summed E-state index contributed by atoms with van der Waals surface area (Å²) < 4.78 is 88.1. The number of phenols is 1. The lowest BCUT2D eigenvalue weighted by Gasteiger charge is -2.19. The molecule has 1 atom stereocenters. The Morgan fingerprint density at radius 2 is 1.23 bits per heavy atom. The zero-order valence-corrected chi connectivity index (χ0v) is 38.2. The van der Waals surface area contributed by atoms with Crippen LogP contribution in [0.2, 0.25) is 5.02 Å². The fraction of sp³-hybridized carbons (Fsp3) is 0.426. The number of hydrogen-bond acceptors (Lipinski definition) is 11. The zero-order chi connectivity index (χ0) is 47.1. The number of benzene rings is 4. The molecule has 17 heteroatoms. The number of ether oxygens (including phenoxy) is 4. The number of halogens is 4. The molecule has 4 rings (SSSR count). The van der Waals surface area contributed by atoms with Crippen LogP contribution in [-0.4, -0.2) is 75.2 Å². The predicted molar refractivity (Wildman–Crippen MR) is 239 cm³/mol. The van der Waals surface area contributed by atoms with E-state index in [1.165, 1.54) is 80.3 Å². The molecule has 0 heterocycles. The highest BCUT2D eigenvalue weighted by Crippen LogP contribution is 2.34. The van der Waals surface area contributed by atoms with Crippen LogP contribution >= 0.6 is 11.6 Å². The van der Waals surface area contributed by atoms with E-state index >= 15 is 0 Å². The van der Waals surface area contributed by atoms with Crippen LogP contribution in [0.4, 0.5) is 18.9 Å². The van der Waals surface area contributed by atoms with Crippen molar-refractivity contribution >= 4 is 45.0 Å². The van der Waals surface area contributed by atoms with Crippen molar-refractivity contribution in [2.75, 3.05) is 38.2 Å². The summed E-state index contributed by atoms with van der Waals surface area (Å²) in [5, 5.41) is 11.5. The van der Waals surface area contributed by atoms with Crippen LogP contribution in [0.1, 0.15) is 91.0 Å². The van der Waals surface area contributed by atoms with Crippen molar-refractivity contribution in [3.05, 3.63) is 102 Å². The second-order valence-corrected chi connectivity index (χ2v) is 16.7. The summed E-state index contributed by atoms with van der Waals surface area (Å²) in [5.74, 6) is -2.40. The third-order valence-electron chi connectivity index (χ3n) is 9.77.